The number of carbonyl (C=O) groups is 1. The van der Waals surface area contributed by atoms with Gasteiger partial charge in [-0.15, -0.1) is 6.58 Å². The van der Waals surface area contributed by atoms with Crippen LogP contribution in [-0.4, -0.2) is 28.9 Å². The van der Waals surface area contributed by atoms with Crippen LogP contribution in [0.15, 0.2) is 12.7 Å². The van der Waals surface area contributed by atoms with Crippen LogP contribution >= 0.6 is 0 Å². The zero-order valence-corrected chi connectivity index (χ0v) is 9.82. The van der Waals surface area contributed by atoms with Gasteiger partial charge in [0.2, 0.25) is 0 Å². The van der Waals surface area contributed by atoms with E-state index in [0.29, 0.717) is 0 Å². The zero-order chi connectivity index (χ0) is 11.6. The molecule has 0 saturated carbocycles. The molecule has 86 valence electrons. The van der Waals surface area contributed by atoms with Crippen LogP contribution in [0.3, 0.4) is 0 Å². The van der Waals surface area contributed by atoms with Crippen LogP contribution in [0.25, 0.3) is 0 Å². The van der Waals surface area contributed by atoms with Crippen molar-refractivity contribution in [2.75, 3.05) is 0 Å². The van der Waals surface area contributed by atoms with Gasteiger partial charge in [0.15, 0.2) is 0 Å². The molecule has 0 spiro atoms. The third-order valence-electron chi connectivity index (χ3n) is 2.01. The summed E-state index contributed by atoms with van der Waals surface area (Å²) in [6.45, 7) is 11.1. The average molecular weight is 213 g/mol. The maximum absolute atomic E-state index is 11.7. The number of carbonyl (C=O) groups excluding carboxylic acids is 1. The van der Waals surface area contributed by atoms with E-state index in [2.05, 4.69) is 6.58 Å². The second kappa shape index (κ2) is 4.23. The first-order valence-electron chi connectivity index (χ1n) is 5.15. The van der Waals surface area contributed by atoms with Gasteiger partial charge in [0.05, 0.1) is 12.1 Å². The molecule has 4 nitrogen and oxygen atoms in total. The standard InChI is InChI=1S/C11H19NO3/c1-6-9-7-8(2)15-12(9)10(13)14-11(3,4)5/h6,8-9H,1,7H2,2-5H3/t8-,9+/m1/s1. The molecule has 0 N–H and O–H groups in total. The number of hydroxylamine groups is 2. The fraction of sp³-hybridized carbons (Fsp3) is 0.727. The first-order chi connectivity index (χ1) is 6.83. The lowest BCUT2D eigenvalue weighted by Gasteiger charge is -2.25. The minimum atomic E-state index is -0.502. The average Bonchev–Trinajstić information content (AvgIpc) is 2.43. The Labute approximate surface area is 90.8 Å². The molecule has 4 heteroatoms. The van der Waals surface area contributed by atoms with E-state index in [1.807, 2.05) is 27.7 Å². The summed E-state index contributed by atoms with van der Waals surface area (Å²) >= 11 is 0. The van der Waals surface area contributed by atoms with Crippen LogP contribution in [0.4, 0.5) is 4.79 Å². The smallest absolute Gasteiger partial charge is 0.435 e. The van der Waals surface area contributed by atoms with Crippen molar-refractivity contribution in [1.29, 1.82) is 0 Å². The Balaban J connectivity index is 2.63. The predicted octanol–water partition coefficient (Wildman–Crippen LogP) is 2.50. The van der Waals surface area contributed by atoms with Crippen molar-refractivity contribution in [3.8, 4) is 0 Å². The van der Waals surface area contributed by atoms with Crippen molar-refractivity contribution < 1.29 is 14.4 Å². The van der Waals surface area contributed by atoms with E-state index in [1.165, 1.54) is 5.06 Å². The Bertz CT molecular complexity index is 257. The Morgan fingerprint density at radius 1 is 1.60 bits per heavy atom. The third kappa shape index (κ3) is 3.23. The first-order valence-corrected chi connectivity index (χ1v) is 5.15. The van der Waals surface area contributed by atoms with Crippen LogP contribution in [0.1, 0.15) is 34.1 Å². The summed E-state index contributed by atoms with van der Waals surface area (Å²) < 4.78 is 5.22. The highest BCUT2D eigenvalue weighted by Gasteiger charge is 2.35. The van der Waals surface area contributed by atoms with Gasteiger partial charge in [-0.05, 0) is 27.7 Å². The minimum Gasteiger partial charge on any atom is -0.442 e. The van der Waals surface area contributed by atoms with Crippen molar-refractivity contribution in [2.45, 2.75) is 51.9 Å². The Hall–Kier alpha value is -1.03. The van der Waals surface area contributed by atoms with Gasteiger partial charge in [-0.3, -0.25) is 4.84 Å². The van der Waals surface area contributed by atoms with Crippen LogP contribution < -0.4 is 0 Å². The summed E-state index contributed by atoms with van der Waals surface area (Å²) in [5.41, 5.74) is -0.502. The lowest BCUT2D eigenvalue weighted by molar-refractivity contribution is -0.140. The van der Waals surface area contributed by atoms with Gasteiger partial charge >= 0.3 is 6.09 Å². The molecule has 0 bridgehead atoms. The lowest BCUT2D eigenvalue weighted by Crippen LogP contribution is -2.38. The summed E-state index contributed by atoms with van der Waals surface area (Å²) in [6, 6.07) is -0.0881. The lowest BCUT2D eigenvalue weighted by atomic mass is 10.1. The van der Waals surface area contributed by atoms with E-state index in [-0.39, 0.29) is 12.1 Å². The van der Waals surface area contributed by atoms with Crippen molar-refractivity contribution >= 4 is 6.09 Å². The fourth-order valence-electron chi connectivity index (χ4n) is 1.43. The maximum atomic E-state index is 11.7. The van der Waals surface area contributed by atoms with Crippen LogP contribution in [0.5, 0.6) is 0 Å². The number of hydrogen-bond donors (Lipinski definition) is 0. The molecule has 0 aromatic heterocycles. The largest absolute Gasteiger partial charge is 0.442 e. The Kier molecular flexibility index (Phi) is 3.39. The molecule has 1 rings (SSSR count). The molecule has 0 unspecified atom stereocenters. The van der Waals surface area contributed by atoms with Gasteiger partial charge in [0, 0.05) is 6.42 Å². The first kappa shape index (κ1) is 12.0. The van der Waals surface area contributed by atoms with Gasteiger partial charge < -0.3 is 4.74 Å². The van der Waals surface area contributed by atoms with Gasteiger partial charge in [0.25, 0.3) is 0 Å². The molecule has 0 aromatic carbocycles. The molecule has 15 heavy (non-hydrogen) atoms. The fourth-order valence-corrected chi connectivity index (χ4v) is 1.43. The van der Waals surface area contributed by atoms with Gasteiger partial charge in [-0.25, -0.2) is 4.79 Å². The normalized spacial score (nSPS) is 26.5. The number of rotatable bonds is 1. The summed E-state index contributed by atoms with van der Waals surface area (Å²) in [4.78, 5) is 17.1. The predicted molar refractivity (Wildman–Crippen MR) is 57.2 cm³/mol. The highest BCUT2D eigenvalue weighted by Crippen LogP contribution is 2.23. The van der Waals surface area contributed by atoms with Crippen LogP contribution in [0.2, 0.25) is 0 Å². The van der Waals surface area contributed by atoms with E-state index in [9.17, 15) is 4.79 Å². The minimum absolute atomic E-state index is 0.0283. The molecule has 1 aliphatic rings. The highest BCUT2D eigenvalue weighted by molar-refractivity contribution is 5.67. The summed E-state index contributed by atoms with van der Waals surface area (Å²) in [7, 11) is 0. The number of hydrogen-bond acceptors (Lipinski definition) is 3. The summed E-state index contributed by atoms with van der Waals surface area (Å²) in [5, 5.41) is 1.27. The summed E-state index contributed by atoms with van der Waals surface area (Å²) in [5.74, 6) is 0. The molecule has 1 amide bonds. The molecular formula is C11H19NO3. The van der Waals surface area contributed by atoms with Crippen molar-refractivity contribution in [1.82, 2.24) is 5.06 Å². The van der Waals surface area contributed by atoms with Gasteiger partial charge in [0.1, 0.15) is 5.60 Å². The molecule has 0 aliphatic carbocycles. The van der Waals surface area contributed by atoms with E-state index >= 15 is 0 Å². The molecule has 1 heterocycles. The molecule has 2 atom stereocenters. The molecule has 0 aromatic rings. The van der Waals surface area contributed by atoms with Crippen LogP contribution in [0, 0.1) is 0 Å². The Morgan fingerprint density at radius 2 is 2.20 bits per heavy atom. The topological polar surface area (TPSA) is 38.8 Å². The molecule has 1 fully saturated rings. The highest BCUT2D eigenvalue weighted by atomic mass is 16.7. The monoisotopic (exact) mass is 213 g/mol. The number of amides is 1. The molecular weight excluding hydrogens is 194 g/mol. The summed E-state index contributed by atoms with van der Waals surface area (Å²) in [6.07, 6.45) is 2.05. The van der Waals surface area contributed by atoms with E-state index in [4.69, 9.17) is 9.57 Å². The second-order valence-electron chi connectivity index (χ2n) is 4.76. The van der Waals surface area contributed by atoms with Crippen molar-refractivity contribution in [3.05, 3.63) is 12.7 Å². The maximum Gasteiger partial charge on any atom is 0.435 e. The van der Waals surface area contributed by atoms with Crippen LogP contribution in [-0.2, 0) is 9.57 Å². The quantitative estimate of drug-likeness (QED) is 0.628. The molecule has 1 aliphatic heterocycles. The third-order valence-corrected chi connectivity index (χ3v) is 2.01. The van der Waals surface area contributed by atoms with E-state index < -0.39 is 11.7 Å². The Morgan fingerprint density at radius 3 is 2.67 bits per heavy atom. The van der Waals surface area contributed by atoms with E-state index in [1.54, 1.807) is 6.08 Å². The molecule has 1 saturated heterocycles. The second-order valence-corrected chi connectivity index (χ2v) is 4.76. The number of nitrogens with zero attached hydrogens (tertiary/aromatic N) is 1. The van der Waals surface area contributed by atoms with E-state index in [0.717, 1.165) is 6.42 Å². The zero-order valence-electron chi connectivity index (χ0n) is 9.82. The number of ether oxygens (including phenoxy) is 1. The SMILES string of the molecule is C=C[C@H]1C[C@@H](C)ON1C(=O)OC(C)(C)C. The van der Waals surface area contributed by atoms with Crippen molar-refractivity contribution in [3.63, 3.8) is 0 Å². The molecule has 0 radical (unpaired) electrons. The van der Waals surface area contributed by atoms with Crippen molar-refractivity contribution in [2.24, 2.45) is 0 Å². The van der Waals surface area contributed by atoms with Gasteiger partial charge in [-0.1, -0.05) is 6.08 Å². The van der Waals surface area contributed by atoms with Gasteiger partial charge in [-0.2, -0.15) is 5.06 Å².